The van der Waals surface area contributed by atoms with Crippen LogP contribution in [0.2, 0.25) is 10.0 Å². The van der Waals surface area contributed by atoms with Gasteiger partial charge >= 0.3 is 6.03 Å². The number of halogens is 2. The van der Waals surface area contributed by atoms with Crippen LogP contribution in [0.25, 0.3) is 0 Å². The summed E-state index contributed by atoms with van der Waals surface area (Å²) in [4.78, 5) is 25.2. The van der Waals surface area contributed by atoms with E-state index in [-0.39, 0.29) is 10.7 Å². The molecule has 1 saturated heterocycles. The standard InChI is InChI=1S/C10H8Cl2N2O3/c1-13-8(15)9(16)14(10(13)17)5-2-3-6(11)7(12)4-5/h2-4,8,15H,1H3/t8-/m1/s1. The van der Waals surface area contributed by atoms with Gasteiger partial charge in [0.2, 0.25) is 6.23 Å². The molecule has 0 aliphatic carbocycles. The first-order chi connectivity index (χ1) is 7.93. The molecule has 3 amide bonds. The molecule has 5 nitrogen and oxygen atoms in total. The average Bonchev–Trinajstić information content (AvgIpc) is 2.48. The topological polar surface area (TPSA) is 60.9 Å². The van der Waals surface area contributed by atoms with Crippen LogP contribution < -0.4 is 4.90 Å². The van der Waals surface area contributed by atoms with Crippen molar-refractivity contribution in [2.45, 2.75) is 6.23 Å². The first-order valence-electron chi connectivity index (χ1n) is 4.67. The van der Waals surface area contributed by atoms with Crippen LogP contribution in [-0.4, -0.2) is 35.2 Å². The Morgan fingerprint density at radius 2 is 1.88 bits per heavy atom. The number of anilines is 1. The fraction of sp³-hybridized carbons (Fsp3) is 0.200. The van der Waals surface area contributed by atoms with Crippen LogP contribution in [0.15, 0.2) is 18.2 Å². The smallest absolute Gasteiger partial charge is 0.333 e. The van der Waals surface area contributed by atoms with E-state index in [9.17, 15) is 14.7 Å². The predicted molar refractivity (Wildman–Crippen MR) is 63.1 cm³/mol. The number of urea groups is 1. The highest BCUT2D eigenvalue weighted by Crippen LogP contribution is 2.30. The molecule has 0 saturated carbocycles. The highest BCUT2D eigenvalue weighted by atomic mass is 35.5. The summed E-state index contributed by atoms with van der Waals surface area (Å²) < 4.78 is 0. The Morgan fingerprint density at radius 3 is 2.35 bits per heavy atom. The second-order valence-corrected chi connectivity index (χ2v) is 4.35. The normalized spacial score (nSPS) is 20.4. The first kappa shape index (κ1) is 12.2. The summed E-state index contributed by atoms with van der Waals surface area (Å²) in [7, 11) is 1.34. The summed E-state index contributed by atoms with van der Waals surface area (Å²) in [5.41, 5.74) is 0.276. The second kappa shape index (κ2) is 4.18. The summed E-state index contributed by atoms with van der Waals surface area (Å²) in [5, 5.41) is 10.0. The van der Waals surface area contributed by atoms with E-state index in [1.54, 1.807) is 0 Å². The molecule has 1 N–H and O–H groups in total. The number of hydrogen-bond acceptors (Lipinski definition) is 3. The van der Waals surface area contributed by atoms with Crippen molar-refractivity contribution in [2.75, 3.05) is 11.9 Å². The molecule has 17 heavy (non-hydrogen) atoms. The quantitative estimate of drug-likeness (QED) is 0.794. The Hall–Kier alpha value is -1.30. The van der Waals surface area contributed by atoms with Gasteiger partial charge in [-0.05, 0) is 18.2 Å². The van der Waals surface area contributed by atoms with Gasteiger partial charge in [0, 0.05) is 7.05 Å². The number of amides is 3. The van der Waals surface area contributed by atoms with Gasteiger partial charge in [-0.3, -0.25) is 9.69 Å². The minimum absolute atomic E-state index is 0.230. The van der Waals surface area contributed by atoms with Gasteiger partial charge < -0.3 is 5.11 Å². The maximum atomic E-state index is 11.7. The third-order valence-corrected chi connectivity index (χ3v) is 3.20. The summed E-state index contributed by atoms with van der Waals surface area (Å²) in [6.07, 6.45) is -1.46. The third kappa shape index (κ3) is 1.86. The van der Waals surface area contributed by atoms with E-state index in [0.717, 1.165) is 9.80 Å². The number of aliphatic hydroxyl groups is 1. The Balaban J connectivity index is 2.43. The van der Waals surface area contributed by atoms with E-state index in [2.05, 4.69) is 0 Å². The van der Waals surface area contributed by atoms with Gasteiger partial charge in [-0.2, -0.15) is 0 Å². The molecule has 0 aromatic heterocycles. The van der Waals surface area contributed by atoms with Crippen molar-refractivity contribution in [2.24, 2.45) is 0 Å². The lowest BCUT2D eigenvalue weighted by atomic mass is 10.3. The van der Waals surface area contributed by atoms with Gasteiger partial charge in [0.15, 0.2) is 0 Å². The number of likely N-dealkylation sites (N-methyl/N-ethyl adjacent to an activating group) is 1. The zero-order valence-electron chi connectivity index (χ0n) is 8.72. The van der Waals surface area contributed by atoms with Gasteiger partial charge in [-0.25, -0.2) is 9.69 Å². The molecular formula is C10H8Cl2N2O3. The third-order valence-electron chi connectivity index (χ3n) is 2.46. The zero-order chi connectivity index (χ0) is 12.7. The summed E-state index contributed by atoms with van der Waals surface area (Å²) in [5.74, 6) is -0.712. The summed E-state index contributed by atoms with van der Waals surface area (Å²) in [6.45, 7) is 0. The number of carbonyl (C=O) groups is 2. The molecule has 1 aliphatic rings. The molecule has 0 bridgehead atoms. The van der Waals surface area contributed by atoms with Gasteiger partial charge in [0.05, 0.1) is 15.7 Å². The second-order valence-electron chi connectivity index (χ2n) is 3.54. The molecule has 7 heteroatoms. The Bertz CT molecular complexity index is 486. The van der Waals surface area contributed by atoms with Gasteiger partial charge in [0.1, 0.15) is 0 Å². The SMILES string of the molecule is CN1C(=O)N(c2ccc(Cl)c(Cl)c2)C(=O)[C@H]1O. The molecule has 2 rings (SSSR count). The predicted octanol–water partition coefficient (Wildman–Crippen LogP) is 1.71. The van der Waals surface area contributed by atoms with Crippen LogP contribution in [0.3, 0.4) is 0 Å². The van der Waals surface area contributed by atoms with Gasteiger partial charge in [-0.15, -0.1) is 0 Å². The summed E-state index contributed by atoms with van der Waals surface area (Å²) >= 11 is 11.5. The Labute approximate surface area is 107 Å². The molecule has 1 aliphatic heterocycles. The van der Waals surface area contributed by atoms with Crippen molar-refractivity contribution in [3.63, 3.8) is 0 Å². The van der Waals surface area contributed by atoms with Crippen molar-refractivity contribution < 1.29 is 14.7 Å². The molecule has 90 valence electrons. The number of aliphatic hydroxyl groups excluding tert-OH is 1. The molecule has 1 aromatic carbocycles. The fourth-order valence-corrected chi connectivity index (χ4v) is 1.79. The molecular weight excluding hydrogens is 267 g/mol. The van der Waals surface area contributed by atoms with Crippen LogP contribution in [0.1, 0.15) is 0 Å². The lowest BCUT2D eigenvalue weighted by molar-refractivity contribution is -0.128. The molecule has 1 aromatic rings. The van der Waals surface area contributed by atoms with Crippen LogP contribution >= 0.6 is 23.2 Å². The number of benzene rings is 1. The molecule has 0 unspecified atom stereocenters. The van der Waals surface area contributed by atoms with E-state index in [0.29, 0.717) is 5.02 Å². The van der Waals surface area contributed by atoms with Gasteiger partial charge in [0.25, 0.3) is 5.91 Å². The maximum Gasteiger partial charge on any atom is 0.333 e. The highest BCUT2D eigenvalue weighted by molar-refractivity contribution is 6.42. The minimum Gasteiger partial charge on any atom is -0.365 e. The molecule has 1 heterocycles. The van der Waals surface area contributed by atoms with Gasteiger partial charge in [-0.1, -0.05) is 23.2 Å². The number of carbonyl (C=O) groups excluding carboxylic acids is 2. The molecule has 1 atom stereocenters. The average molecular weight is 275 g/mol. The molecule has 0 radical (unpaired) electrons. The largest absolute Gasteiger partial charge is 0.365 e. The van der Waals surface area contributed by atoms with E-state index in [1.807, 2.05) is 0 Å². The van der Waals surface area contributed by atoms with Crippen LogP contribution in [0, 0.1) is 0 Å². The first-order valence-corrected chi connectivity index (χ1v) is 5.43. The van der Waals surface area contributed by atoms with Crippen molar-refractivity contribution in [1.29, 1.82) is 0 Å². The van der Waals surface area contributed by atoms with E-state index in [1.165, 1.54) is 25.2 Å². The fourth-order valence-electron chi connectivity index (χ4n) is 1.50. The van der Waals surface area contributed by atoms with Crippen molar-refractivity contribution in [1.82, 2.24) is 4.90 Å². The number of rotatable bonds is 1. The van der Waals surface area contributed by atoms with Crippen molar-refractivity contribution >= 4 is 40.8 Å². The van der Waals surface area contributed by atoms with E-state index >= 15 is 0 Å². The number of imide groups is 1. The van der Waals surface area contributed by atoms with Crippen molar-refractivity contribution in [3.05, 3.63) is 28.2 Å². The Morgan fingerprint density at radius 1 is 1.24 bits per heavy atom. The van der Waals surface area contributed by atoms with Crippen LogP contribution in [0.5, 0.6) is 0 Å². The van der Waals surface area contributed by atoms with Crippen LogP contribution in [0.4, 0.5) is 10.5 Å². The lowest BCUT2D eigenvalue weighted by Gasteiger charge is -2.14. The highest BCUT2D eigenvalue weighted by Gasteiger charge is 2.43. The van der Waals surface area contributed by atoms with E-state index < -0.39 is 18.2 Å². The Kier molecular flexibility index (Phi) is 2.99. The lowest BCUT2D eigenvalue weighted by Crippen LogP contribution is -2.31. The molecule has 0 spiro atoms. The monoisotopic (exact) mass is 274 g/mol. The summed E-state index contributed by atoms with van der Waals surface area (Å²) in [6, 6.07) is 3.74. The maximum absolute atomic E-state index is 11.7. The molecule has 1 fully saturated rings. The minimum atomic E-state index is -1.46. The van der Waals surface area contributed by atoms with Crippen LogP contribution in [-0.2, 0) is 4.79 Å². The number of nitrogens with zero attached hydrogens (tertiary/aromatic N) is 2. The van der Waals surface area contributed by atoms with Crippen molar-refractivity contribution in [3.8, 4) is 0 Å². The van der Waals surface area contributed by atoms with E-state index in [4.69, 9.17) is 23.2 Å². The number of hydrogen-bond donors (Lipinski definition) is 1. The zero-order valence-corrected chi connectivity index (χ0v) is 10.2.